The molecule has 0 bridgehead atoms. The van der Waals surface area contributed by atoms with Crippen molar-refractivity contribution >= 4 is 12.0 Å². The number of likely N-dealkylation sites (tertiary alicyclic amines) is 1. The van der Waals surface area contributed by atoms with Gasteiger partial charge in [-0.1, -0.05) is 49.6 Å². The first-order chi connectivity index (χ1) is 12.1. The van der Waals surface area contributed by atoms with E-state index in [1.807, 2.05) is 36.4 Å². The predicted molar refractivity (Wildman–Crippen MR) is 101 cm³/mol. The third kappa shape index (κ3) is 5.68. The number of hydrogen-bond donors (Lipinski definition) is 2. The van der Waals surface area contributed by atoms with Crippen molar-refractivity contribution in [3.8, 4) is 0 Å². The normalized spacial score (nSPS) is 22.1. The smallest absolute Gasteiger partial charge is 0.244 e. The highest BCUT2D eigenvalue weighted by Crippen LogP contribution is 2.29. The molecule has 2 aliphatic rings. The van der Waals surface area contributed by atoms with Gasteiger partial charge < -0.3 is 15.3 Å². The molecule has 1 saturated carbocycles. The average Bonchev–Trinajstić information content (AvgIpc) is 2.63. The summed E-state index contributed by atoms with van der Waals surface area (Å²) in [6, 6.07) is 10.1. The molecule has 0 unspecified atom stereocenters. The van der Waals surface area contributed by atoms with Crippen LogP contribution in [-0.2, 0) is 4.79 Å². The Morgan fingerprint density at radius 3 is 2.52 bits per heavy atom. The summed E-state index contributed by atoms with van der Waals surface area (Å²) in [5, 5.41) is 13.8. The summed E-state index contributed by atoms with van der Waals surface area (Å²) in [6.45, 7) is 2.70. The Balaban J connectivity index is 1.40. The molecule has 1 aliphatic carbocycles. The van der Waals surface area contributed by atoms with Gasteiger partial charge in [-0.15, -0.1) is 0 Å². The molecule has 2 N–H and O–H groups in total. The van der Waals surface area contributed by atoms with Crippen LogP contribution in [-0.4, -0.2) is 47.2 Å². The molecule has 3 rings (SSSR count). The quantitative estimate of drug-likeness (QED) is 0.809. The van der Waals surface area contributed by atoms with E-state index in [0.717, 1.165) is 63.7 Å². The largest absolute Gasteiger partial charge is 0.389 e. The lowest BCUT2D eigenvalue weighted by atomic mass is 9.84. The van der Waals surface area contributed by atoms with E-state index in [4.69, 9.17) is 0 Å². The van der Waals surface area contributed by atoms with Gasteiger partial charge in [0.05, 0.1) is 5.60 Å². The number of nitrogens with one attached hydrogen (secondary N) is 1. The topological polar surface area (TPSA) is 52.6 Å². The van der Waals surface area contributed by atoms with E-state index < -0.39 is 5.60 Å². The van der Waals surface area contributed by atoms with Crippen molar-refractivity contribution in [3.05, 3.63) is 42.0 Å². The van der Waals surface area contributed by atoms with Crippen LogP contribution < -0.4 is 5.32 Å². The van der Waals surface area contributed by atoms with Crippen LogP contribution in [0.3, 0.4) is 0 Å². The van der Waals surface area contributed by atoms with Crippen LogP contribution in [0.4, 0.5) is 0 Å². The maximum absolute atomic E-state index is 12.1. The summed E-state index contributed by atoms with van der Waals surface area (Å²) in [7, 11) is 0. The van der Waals surface area contributed by atoms with E-state index in [0.29, 0.717) is 0 Å². The first-order valence-corrected chi connectivity index (χ1v) is 9.61. The van der Waals surface area contributed by atoms with Crippen LogP contribution in [0, 0.1) is 0 Å². The average molecular weight is 342 g/mol. The number of rotatable bonds is 5. The molecule has 1 saturated heterocycles. The number of amides is 1. The summed E-state index contributed by atoms with van der Waals surface area (Å²) in [5.41, 5.74) is 0.556. The summed E-state index contributed by atoms with van der Waals surface area (Å²) in [4.78, 5) is 14.5. The number of piperidine rings is 1. The van der Waals surface area contributed by atoms with E-state index in [-0.39, 0.29) is 11.9 Å². The van der Waals surface area contributed by atoms with Crippen molar-refractivity contribution in [2.24, 2.45) is 0 Å². The maximum Gasteiger partial charge on any atom is 0.244 e. The van der Waals surface area contributed by atoms with Crippen LogP contribution in [0.5, 0.6) is 0 Å². The highest BCUT2D eigenvalue weighted by atomic mass is 16.3. The SMILES string of the molecule is O=C(/C=C/c1ccccc1)NC1CCN(CC2(O)CCCCC2)CC1. The van der Waals surface area contributed by atoms with Crippen molar-refractivity contribution in [1.29, 1.82) is 0 Å². The maximum atomic E-state index is 12.1. The molecular formula is C21H30N2O2. The minimum atomic E-state index is -0.479. The fraction of sp³-hybridized carbons (Fsp3) is 0.571. The van der Waals surface area contributed by atoms with Crippen molar-refractivity contribution in [1.82, 2.24) is 10.2 Å². The molecule has 1 aromatic rings. The standard InChI is InChI=1S/C21H30N2O2/c24-20(10-9-18-7-3-1-4-8-18)22-19-11-15-23(16-12-19)17-21(25)13-5-2-6-14-21/h1,3-4,7-10,19,25H,2,5-6,11-17H2,(H,22,24)/b10-9+. The van der Waals surface area contributed by atoms with Crippen molar-refractivity contribution in [3.63, 3.8) is 0 Å². The molecule has 0 spiro atoms. The zero-order valence-corrected chi connectivity index (χ0v) is 15.0. The second-order valence-corrected chi connectivity index (χ2v) is 7.59. The van der Waals surface area contributed by atoms with Crippen molar-refractivity contribution in [2.75, 3.05) is 19.6 Å². The molecule has 1 amide bonds. The van der Waals surface area contributed by atoms with E-state index in [1.165, 1.54) is 6.42 Å². The highest BCUT2D eigenvalue weighted by molar-refractivity contribution is 5.91. The van der Waals surface area contributed by atoms with Crippen LogP contribution in [0.25, 0.3) is 6.08 Å². The van der Waals surface area contributed by atoms with Gasteiger partial charge >= 0.3 is 0 Å². The summed E-state index contributed by atoms with van der Waals surface area (Å²) < 4.78 is 0. The van der Waals surface area contributed by atoms with Gasteiger partial charge in [-0.2, -0.15) is 0 Å². The van der Waals surface area contributed by atoms with E-state index in [1.54, 1.807) is 6.08 Å². The molecule has 1 heterocycles. The number of benzene rings is 1. The molecule has 2 fully saturated rings. The zero-order valence-electron chi connectivity index (χ0n) is 15.0. The van der Waals surface area contributed by atoms with Crippen LogP contribution in [0.1, 0.15) is 50.5 Å². The van der Waals surface area contributed by atoms with Crippen LogP contribution in [0.15, 0.2) is 36.4 Å². The second-order valence-electron chi connectivity index (χ2n) is 7.59. The number of carbonyl (C=O) groups excluding carboxylic acids is 1. The van der Waals surface area contributed by atoms with Gasteiger partial charge in [0.15, 0.2) is 0 Å². The Morgan fingerprint density at radius 2 is 1.84 bits per heavy atom. The minimum Gasteiger partial charge on any atom is -0.389 e. The predicted octanol–water partition coefficient (Wildman–Crippen LogP) is 2.98. The summed E-state index contributed by atoms with van der Waals surface area (Å²) >= 11 is 0. The third-order valence-electron chi connectivity index (χ3n) is 5.46. The van der Waals surface area contributed by atoms with Crippen molar-refractivity contribution in [2.45, 2.75) is 56.6 Å². The molecule has 25 heavy (non-hydrogen) atoms. The van der Waals surface area contributed by atoms with Gasteiger partial charge in [0.1, 0.15) is 0 Å². The monoisotopic (exact) mass is 342 g/mol. The Labute approximate surface area is 150 Å². The van der Waals surface area contributed by atoms with Gasteiger partial charge in [-0.3, -0.25) is 4.79 Å². The lowest BCUT2D eigenvalue weighted by Crippen LogP contribution is -2.50. The highest BCUT2D eigenvalue weighted by Gasteiger charge is 2.32. The lowest BCUT2D eigenvalue weighted by Gasteiger charge is -2.40. The first kappa shape index (κ1) is 18.2. The van der Waals surface area contributed by atoms with E-state index >= 15 is 0 Å². The van der Waals surface area contributed by atoms with Gasteiger partial charge in [0.25, 0.3) is 0 Å². The fourth-order valence-corrected chi connectivity index (χ4v) is 4.01. The van der Waals surface area contributed by atoms with Crippen molar-refractivity contribution < 1.29 is 9.90 Å². The van der Waals surface area contributed by atoms with Gasteiger partial charge in [-0.05, 0) is 37.3 Å². The summed E-state index contributed by atoms with van der Waals surface area (Å²) in [6.07, 6.45) is 10.8. The third-order valence-corrected chi connectivity index (χ3v) is 5.46. The second kappa shape index (κ2) is 8.63. The number of nitrogens with zero attached hydrogens (tertiary/aromatic N) is 1. The van der Waals surface area contributed by atoms with E-state index in [2.05, 4.69) is 10.2 Å². The Bertz CT molecular complexity index is 571. The molecule has 0 aromatic heterocycles. The van der Waals surface area contributed by atoms with Gasteiger partial charge in [0.2, 0.25) is 5.91 Å². The zero-order chi connectivity index (χ0) is 17.5. The molecule has 1 aromatic carbocycles. The minimum absolute atomic E-state index is 0.0202. The molecule has 0 atom stereocenters. The number of hydrogen-bond acceptors (Lipinski definition) is 3. The van der Waals surface area contributed by atoms with Crippen LogP contribution in [0.2, 0.25) is 0 Å². The fourth-order valence-electron chi connectivity index (χ4n) is 4.01. The van der Waals surface area contributed by atoms with Gasteiger partial charge in [-0.25, -0.2) is 0 Å². The molecule has 4 heteroatoms. The Hall–Kier alpha value is -1.65. The summed E-state index contributed by atoms with van der Waals surface area (Å²) in [5.74, 6) is -0.0202. The first-order valence-electron chi connectivity index (χ1n) is 9.61. The van der Waals surface area contributed by atoms with Crippen LogP contribution >= 0.6 is 0 Å². The lowest BCUT2D eigenvalue weighted by molar-refractivity contribution is -0.117. The Kier molecular flexibility index (Phi) is 6.27. The number of aliphatic hydroxyl groups is 1. The molecule has 4 nitrogen and oxygen atoms in total. The Morgan fingerprint density at radius 1 is 1.16 bits per heavy atom. The molecular weight excluding hydrogens is 312 g/mol. The number of β-amino-alcohol motifs (C(OH)–C–C–N with tert-alkyl or cyclic N) is 1. The molecule has 0 radical (unpaired) electrons. The van der Waals surface area contributed by atoms with Gasteiger partial charge in [0, 0.05) is 31.8 Å². The molecule has 1 aliphatic heterocycles. The number of carbonyl (C=O) groups is 1. The molecule has 136 valence electrons. The van der Waals surface area contributed by atoms with E-state index in [9.17, 15) is 9.90 Å².